The summed E-state index contributed by atoms with van der Waals surface area (Å²) < 4.78 is 10.6. The molecule has 0 saturated carbocycles. The lowest BCUT2D eigenvalue weighted by Gasteiger charge is -2.40. The third-order valence-electron chi connectivity index (χ3n) is 5.05. The molecule has 0 spiro atoms. The van der Waals surface area contributed by atoms with E-state index in [0.717, 1.165) is 16.8 Å². The van der Waals surface area contributed by atoms with Crippen LogP contribution < -0.4 is 9.80 Å². The molecule has 0 aliphatic carbocycles. The minimum absolute atomic E-state index is 0.0658. The Balaban J connectivity index is 1.88. The minimum Gasteiger partial charge on any atom is -0.459 e. The number of aromatic nitrogens is 1. The molecule has 2 amide bonds. The highest BCUT2D eigenvalue weighted by Crippen LogP contribution is 2.40. The number of anilines is 2. The first-order chi connectivity index (χ1) is 13.4. The molecular formula is C21H21N3O4. The van der Waals surface area contributed by atoms with Crippen LogP contribution in [0.25, 0.3) is 11.1 Å². The summed E-state index contributed by atoms with van der Waals surface area (Å²) in [6, 6.07) is 8.87. The number of hydrogen-bond donors (Lipinski definition) is 0. The summed E-state index contributed by atoms with van der Waals surface area (Å²) >= 11 is 0. The largest absolute Gasteiger partial charge is 0.459 e. The minimum atomic E-state index is -0.239. The number of furan rings is 1. The maximum absolute atomic E-state index is 13.1. The summed E-state index contributed by atoms with van der Waals surface area (Å²) in [5.74, 6) is 0.660. The zero-order valence-electron chi connectivity index (χ0n) is 16.2. The van der Waals surface area contributed by atoms with Crippen molar-refractivity contribution in [3.05, 3.63) is 53.8 Å². The molecule has 0 saturated heterocycles. The Morgan fingerprint density at radius 1 is 1.18 bits per heavy atom. The van der Waals surface area contributed by atoms with E-state index in [1.165, 1.54) is 13.2 Å². The van der Waals surface area contributed by atoms with Crippen molar-refractivity contribution in [1.29, 1.82) is 0 Å². The lowest BCUT2D eigenvalue weighted by atomic mass is 9.99. The van der Waals surface area contributed by atoms with E-state index in [-0.39, 0.29) is 23.6 Å². The molecule has 144 valence electrons. The third-order valence-corrected chi connectivity index (χ3v) is 5.05. The van der Waals surface area contributed by atoms with Gasteiger partial charge in [-0.3, -0.25) is 9.59 Å². The second kappa shape index (κ2) is 6.67. The molecular weight excluding hydrogens is 358 g/mol. The van der Waals surface area contributed by atoms with Crippen molar-refractivity contribution in [3.8, 4) is 11.1 Å². The van der Waals surface area contributed by atoms with E-state index in [1.807, 2.05) is 39.0 Å². The molecule has 3 aromatic rings. The summed E-state index contributed by atoms with van der Waals surface area (Å²) in [4.78, 5) is 28.7. The maximum atomic E-state index is 13.1. The molecule has 4 rings (SSSR count). The van der Waals surface area contributed by atoms with E-state index in [4.69, 9.17) is 8.94 Å². The van der Waals surface area contributed by atoms with Gasteiger partial charge >= 0.3 is 0 Å². The van der Waals surface area contributed by atoms with Crippen LogP contribution in [-0.4, -0.2) is 29.6 Å². The average molecular weight is 379 g/mol. The van der Waals surface area contributed by atoms with Gasteiger partial charge in [0.05, 0.1) is 29.4 Å². The number of amides is 2. The molecule has 0 bridgehead atoms. The predicted molar refractivity (Wildman–Crippen MR) is 104 cm³/mol. The van der Waals surface area contributed by atoms with Gasteiger partial charge in [-0.05, 0) is 50.6 Å². The van der Waals surface area contributed by atoms with Crippen LogP contribution in [0.5, 0.6) is 0 Å². The Hall–Kier alpha value is -3.35. The zero-order chi connectivity index (χ0) is 20.0. The molecule has 1 aromatic carbocycles. The van der Waals surface area contributed by atoms with Gasteiger partial charge in [0, 0.05) is 19.0 Å². The normalized spacial score (nSPS) is 16.2. The molecule has 3 heterocycles. The van der Waals surface area contributed by atoms with E-state index < -0.39 is 0 Å². The summed E-state index contributed by atoms with van der Waals surface area (Å²) in [7, 11) is 0. The molecule has 1 aliphatic rings. The van der Waals surface area contributed by atoms with Crippen molar-refractivity contribution >= 4 is 23.2 Å². The van der Waals surface area contributed by atoms with Crippen molar-refractivity contribution in [2.45, 2.75) is 33.7 Å². The first kappa shape index (κ1) is 18.0. The van der Waals surface area contributed by atoms with E-state index in [0.29, 0.717) is 23.7 Å². The number of aryl methyl sites for hydroxylation is 2. The summed E-state index contributed by atoms with van der Waals surface area (Å²) in [6.07, 6.45) is 1.48. The zero-order valence-corrected chi connectivity index (χ0v) is 16.2. The van der Waals surface area contributed by atoms with E-state index >= 15 is 0 Å². The van der Waals surface area contributed by atoms with Gasteiger partial charge in [0.15, 0.2) is 5.76 Å². The lowest BCUT2D eigenvalue weighted by molar-refractivity contribution is -0.117. The Bertz CT molecular complexity index is 1030. The van der Waals surface area contributed by atoms with Crippen LogP contribution in [0.1, 0.15) is 35.9 Å². The van der Waals surface area contributed by atoms with Gasteiger partial charge in [0.1, 0.15) is 5.76 Å². The molecule has 2 aromatic heterocycles. The number of hydrogen-bond acceptors (Lipinski definition) is 5. The van der Waals surface area contributed by atoms with E-state index in [1.54, 1.807) is 21.9 Å². The molecule has 0 fully saturated rings. The fourth-order valence-electron chi connectivity index (χ4n) is 3.88. The molecule has 0 unspecified atom stereocenters. The van der Waals surface area contributed by atoms with Gasteiger partial charge in [-0.2, -0.15) is 0 Å². The van der Waals surface area contributed by atoms with Crippen LogP contribution >= 0.6 is 0 Å². The average Bonchev–Trinajstić information content (AvgIpc) is 3.30. The first-order valence-electron chi connectivity index (χ1n) is 9.11. The quantitative estimate of drug-likeness (QED) is 0.673. The molecule has 7 heteroatoms. The number of fused-ring (bicyclic) bond motifs is 1. The maximum Gasteiger partial charge on any atom is 0.294 e. The van der Waals surface area contributed by atoms with Crippen LogP contribution in [0.3, 0.4) is 0 Å². The van der Waals surface area contributed by atoms with Crippen molar-refractivity contribution < 1.29 is 18.5 Å². The van der Waals surface area contributed by atoms with Crippen molar-refractivity contribution in [2.75, 3.05) is 16.3 Å². The van der Waals surface area contributed by atoms with Gasteiger partial charge in [0.25, 0.3) is 5.91 Å². The summed E-state index contributed by atoms with van der Waals surface area (Å²) in [6.45, 7) is 7.56. The molecule has 28 heavy (non-hydrogen) atoms. The SMILES string of the molecule is CC(=O)N1c2ccc(-c3c(C)noc3C)cc2N(C(=O)c2ccco2)C[C@@H]1C. The van der Waals surface area contributed by atoms with Gasteiger partial charge in [-0.15, -0.1) is 0 Å². The fraction of sp³-hybridized carbons (Fsp3) is 0.286. The fourth-order valence-corrected chi connectivity index (χ4v) is 3.88. The first-order valence-corrected chi connectivity index (χ1v) is 9.11. The number of nitrogens with zero attached hydrogens (tertiary/aromatic N) is 3. The van der Waals surface area contributed by atoms with Gasteiger partial charge in [0.2, 0.25) is 5.91 Å². The molecule has 1 aliphatic heterocycles. The molecule has 1 atom stereocenters. The number of benzene rings is 1. The summed E-state index contributed by atoms with van der Waals surface area (Å²) in [5.41, 5.74) is 3.90. The number of carbonyl (C=O) groups is 2. The Morgan fingerprint density at radius 3 is 2.57 bits per heavy atom. The van der Waals surface area contributed by atoms with Crippen molar-refractivity contribution in [3.63, 3.8) is 0 Å². The lowest BCUT2D eigenvalue weighted by Crippen LogP contribution is -2.51. The van der Waals surface area contributed by atoms with E-state index in [9.17, 15) is 9.59 Å². The molecule has 0 radical (unpaired) electrons. The summed E-state index contributed by atoms with van der Waals surface area (Å²) in [5, 5.41) is 4.02. The highest BCUT2D eigenvalue weighted by atomic mass is 16.5. The molecule has 7 nitrogen and oxygen atoms in total. The van der Waals surface area contributed by atoms with Crippen LogP contribution in [0.2, 0.25) is 0 Å². The van der Waals surface area contributed by atoms with Gasteiger partial charge in [-0.1, -0.05) is 11.2 Å². The van der Waals surface area contributed by atoms with Crippen molar-refractivity contribution in [2.24, 2.45) is 0 Å². The van der Waals surface area contributed by atoms with Crippen LogP contribution in [0.4, 0.5) is 11.4 Å². The monoisotopic (exact) mass is 379 g/mol. The van der Waals surface area contributed by atoms with Crippen molar-refractivity contribution in [1.82, 2.24) is 5.16 Å². The number of rotatable bonds is 2. The Labute approximate surface area is 162 Å². The Morgan fingerprint density at radius 2 is 1.96 bits per heavy atom. The number of carbonyl (C=O) groups excluding carboxylic acids is 2. The van der Waals surface area contributed by atoms with Gasteiger partial charge < -0.3 is 18.7 Å². The highest BCUT2D eigenvalue weighted by Gasteiger charge is 2.35. The predicted octanol–water partition coefficient (Wildman–Crippen LogP) is 3.95. The third kappa shape index (κ3) is 2.79. The standard InChI is InChI=1S/C21H21N3O4/c1-12-11-23(21(26)19-6-5-9-27-19)18-10-16(20-13(2)22-28-14(20)3)7-8-17(18)24(12)15(4)25/h5-10,12H,11H2,1-4H3/t12-/m0/s1. The topological polar surface area (TPSA) is 79.8 Å². The van der Waals surface area contributed by atoms with Crippen LogP contribution in [0.15, 0.2) is 45.5 Å². The Kier molecular flexibility index (Phi) is 4.30. The second-order valence-electron chi connectivity index (χ2n) is 7.03. The highest BCUT2D eigenvalue weighted by molar-refractivity contribution is 6.10. The van der Waals surface area contributed by atoms with E-state index in [2.05, 4.69) is 5.16 Å². The van der Waals surface area contributed by atoms with Gasteiger partial charge in [-0.25, -0.2) is 0 Å². The van der Waals surface area contributed by atoms with Crippen LogP contribution in [0, 0.1) is 13.8 Å². The smallest absolute Gasteiger partial charge is 0.294 e. The molecule has 0 N–H and O–H groups in total. The van der Waals surface area contributed by atoms with Crippen LogP contribution in [-0.2, 0) is 4.79 Å². The second-order valence-corrected chi connectivity index (χ2v) is 7.03.